The zero-order chi connectivity index (χ0) is 12.4. The Hall–Kier alpha value is -1.13. The third-order valence-corrected chi connectivity index (χ3v) is 4.12. The summed E-state index contributed by atoms with van der Waals surface area (Å²) in [6.45, 7) is 5.47. The van der Waals surface area contributed by atoms with Gasteiger partial charge in [-0.1, -0.05) is 6.07 Å². The molecule has 0 radical (unpaired) electrons. The van der Waals surface area contributed by atoms with Crippen LogP contribution in [-0.4, -0.2) is 49.7 Å². The minimum atomic E-state index is 0.578. The van der Waals surface area contributed by atoms with Gasteiger partial charge in [0.15, 0.2) is 0 Å². The van der Waals surface area contributed by atoms with Gasteiger partial charge in [-0.3, -0.25) is 4.90 Å². The van der Waals surface area contributed by atoms with E-state index in [1.54, 1.807) is 0 Å². The molecule has 0 aliphatic carbocycles. The highest BCUT2D eigenvalue weighted by atomic mass is 15.2. The van der Waals surface area contributed by atoms with Crippen molar-refractivity contribution in [1.29, 1.82) is 0 Å². The van der Waals surface area contributed by atoms with Crippen LogP contribution in [0.5, 0.6) is 0 Å². The summed E-state index contributed by atoms with van der Waals surface area (Å²) >= 11 is 0. The summed E-state index contributed by atoms with van der Waals surface area (Å²) in [5.74, 6) is 1.13. The molecular formula is C14H22N4. The number of pyridine rings is 1. The minimum absolute atomic E-state index is 0.578. The Kier molecular flexibility index (Phi) is 3.48. The summed E-state index contributed by atoms with van der Waals surface area (Å²) in [5, 5.41) is 3.37. The molecule has 4 nitrogen and oxygen atoms in total. The lowest BCUT2D eigenvalue weighted by Gasteiger charge is -2.28. The largest absolute Gasteiger partial charge is 0.354 e. The first-order valence-electron chi connectivity index (χ1n) is 6.96. The van der Waals surface area contributed by atoms with Crippen molar-refractivity contribution >= 4 is 5.82 Å². The maximum atomic E-state index is 4.65. The number of anilines is 1. The van der Waals surface area contributed by atoms with Gasteiger partial charge in [-0.15, -0.1) is 0 Å². The maximum Gasteiger partial charge on any atom is 0.128 e. The van der Waals surface area contributed by atoms with E-state index >= 15 is 0 Å². The molecule has 2 aliphatic heterocycles. The molecule has 2 fully saturated rings. The van der Waals surface area contributed by atoms with Crippen molar-refractivity contribution in [3.8, 4) is 0 Å². The highest BCUT2D eigenvalue weighted by molar-refractivity contribution is 5.40. The third kappa shape index (κ3) is 2.35. The first kappa shape index (κ1) is 11.9. The van der Waals surface area contributed by atoms with Crippen LogP contribution in [0, 0.1) is 0 Å². The molecule has 3 heterocycles. The van der Waals surface area contributed by atoms with Gasteiger partial charge in [-0.2, -0.15) is 0 Å². The van der Waals surface area contributed by atoms with Crippen molar-refractivity contribution in [2.24, 2.45) is 0 Å². The Bertz CT molecular complexity index is 383. The fraction of sp³-hybridized carbons (Fsp3) is 0.643. The predicted octanol–water partition coefficient (Wildman–Crippen LogP) is 1.26. The fourth-order valence-corrected chi connectivity index (χ4v) is 3.01. The average Bonchev–Trinajstić information content (AvgIpc) is 2.86. The number of rotatable bonds is 2. The van der Waals surface area contributed by atoms with Crippen LogP contribution in [-0.2, 0) is 0 Å². The first-order chi connectivity index (χ1) is 8.84. The van der Waals surface area contributed by atoms with Crippen LogP contribution in [0.15, 0.2) is 18.3 Å². The molecule has 1 atom stereocenters. The van der Waals surface area contributed by atoms with Gasteiger partial charge in [0, 0.05) is 38.4 Å². The SMILES string of the molecule is CN1CCC[C@H]1c1ccc(N2CCNCC2)nc1. The lowest BCUT2D eigenvalue weighted by atomic mass is 10.1. The highest BCUT2D eigenvalue weighted by Crippen LogP contribution is 2.30. The molecular weight excluding hydrogens is 224 g/mol. The van der Waals surface area contributed by atoms with Gasteiger partial charge >= 0.3 is 0 Å². The quantitative estimate of drug-likeness (QED) is 0.851. The van der Waals surface area contributed by atoms with Crippen molar-refractivity contribution in [3.05, 3.63) is 23.9 Å². The van der Waals surface area contributed by atoms with E-state index in [0.717, 1.165) is 32.0 Å². The average molecular weight is 246 g/mol. The topological polar surface area (TPSA) is 31.4 Å². The zero-order valence-electron chi connectivity index (χ0n) is 11.1. The fourth-order valence-electron chi connectivity index (χ4n) is 3.01. The number of likely N-dealkylation sites (tertiary alicyclic amines) is 1. The summed E-state index contributed by atoms with van der Waals surface area (Å²) in [6.07, 6.45) is 4.65. The highest BCUT2D eigenvalue weighted by Gasteiger charge is 2.23. The molecule has 0 saturated carbocycles. The monoisotopic (exact) mass is 246 g/mol. The number of hydrogen-bond acceptors (Lipinski definition) is 4. The van der Waals surface area contributed by atoms with Gasteiger partial charge < -0.3 is 10.2 Å². The van der Waals surface area contributed by atoms with Gasteiger partial charge in [-0.25, -0.2) is 4.98 Å². The van der Waals surface area contributed by atoms with E-state index in [2.05, 4.69) is 45.5 Å². The summed E-state index contributed by atoms with van der Waals surface area (Å²) in [7, 11) is 2.21. The van der Waals surface area contributed by atoms with E-state index in [0.29, 0.717) is 6.04 Å². The second kappa shape index (κ2) is 5.24. The third-order valence-electron chi connectivity index (χ3n) is 4.12. The number of hydrogen-bond donors (Lipinski definition) is 1. The lowest BCUT2D eigenvalue weighted by Crippen LogP contribution is -2.43. The lowest BCUT2D eigenvalue weighted by molar-refractivity contribution is 0.317. The van der Waals surface area contributed by atoms with Crippen LogP contribution in [0.2, 0.25) is 0 Å². The van der Waals surface area contributed by atoms with Crippen molar-refractivity contribution in [2.75, 3.05) is 44.7 Å². The van der Waals surface area contributed by atoms with Crippen LogP contribution >= 0.6 is 0 Å². The molecule has 0 unspecified atom stereocenters. The first-order valence-corrected chi connectivity index (χ1v) is 6.96. The molecule has 4 heteroatoms. The molecule has 1 aromatic rings. The van der Waals surface area contributed by atoms with E-state index in [4.69, 9.17) is 0 Å². The van der Waals surface area contributed by atoms with Crippen LogP contribution in [0.25, 0.3) is 0 Å². The molecule has 3 rings (SSSR count). The van der Waals surface area contributed by atoms with Crippen molar-refractivity contribution < 1.29 is 0 Å². The summed E-state index contributed by atoms with van der Waals surface area (Å²) in [6, 6.07) is 5.03. The molecule has 1 aromatic heterocycles. The Morgan fingerprint density at radius 3 is 2.67 bits per heavy atom. The van der Waals surface area contributed by atoms with E-state index in [-0.39, 0.29) is 0 Å². The summed E-state index contributed by atoms with van der Waals surface area (Å²) in [4.78, 5) is 9.44. The van der Waals surface area contributed by atoms with Gasteiger partial charge in [0.25, 0.3) is 0 Å². The van der Waals surface area contributed by atoms with Gasteiger partial charge in [0.1, 0.15) is 5.82 Å². The Labute approximate surface area is 109 Å². The number of piperazine rings is 1. The Balaban J connectivity index is 1.72. The molecule has 1 N–H and O–H groups in total. The molecule has 0 bridgehead atoms. The van der Waals surface area contributed by atoms with Gasteiger partial charge in [0.05, 0.1) is 0 Å². The second-order valence-corrected chi connectivity index (χ2v) is 5.33. The standard InChI is InChI=1S/C14H22N4/c1-17-8-2-3-13(17)12-4-5-14(16-11-12)18-9-6-15-7-10-18/h4-5,11,13,15H,2-3,6-10H2,1H3/t13-/m0/s1. The van der Waals surface area contributed by atoms with Crippen molar-refractivity contribution in [3.63, 3.8) is 0 Å². The molecule has 0 aromatic carbocycles. The smallest absolute Gasteiger partial charge is 0.128 e. The van der Waals surface area contributed by atoms with Crippen LogP contribution < -0.4 is 10.2 Å². The van der Waals surface area contributed by atoms with Crippen LogP contribution in [0.3, 0.4) is 0 Å². The van der Waals surface area contributed by atoms with E-state index < -0.39 is 0 Å². The molecule has 18 heavy (non-hydrogen) atoms. The Morgan fingerprint density at radius 2 is 2.06 bits per heavy atom. The minimum Gasteiger partial charge on any atom is -0.354 e. The Morgan fingerprint density at radius 1 is 1.22 bits per heavy atom. The number of aromatic nitrogens is 1. The zero-order valence-corrected chi connectivity index (χ0v) is 11.1. The normalized spacial score (nSPS) is 25.6. The predicted molar refractivity (Wildman–Crippen MR) is 73.9 cm³/mol. The summed E-state index contributed by atoms with van der Waals surface area (Å²) < 4.78 is 0. The number of nitrogens with one attached hydrogen (secondary N) is 1. The maximum absolute atomic E-state index is 4.65. The van der Waals surface area contributed by atoms with E-state index in [1.807, 2.05) is 0 Å². The molecule has 2 aliphatic rings. The van der Waals surface area contributed by atoms with Crippen LogP contribution in [0.1, 0.15) is 24.4 Å². The van der Waals surface area contributed by atoms with Crippen molar-refractivity contribution in [1.82, 2.24) is 15.2 Å². The van der Waals surface area contributed by atoms with Gasteiger partial charge in [-0.05, 0) is 38.1 Å². The van der Waals surface area contributed by atoms with Crippen LogP contribution in [0.4, 0.5) is 5.82 Å². The molecule has 98 valence electrons. The summed E-state index contributed by atoms with van der Waals surface area (Å²) in [5.41, 5.74) is 1.37. The van der Waals surface area contributed by atoms with Crippen molar-refractivity contribution in [2.45, 2.75) is 18.9 Å². The van der Waals surface area contributed by atoms with E-state index in [1.165, 1.54) is 24.9 Å². The molecule has 2 saturated heterocycles. The van der Waals surface area contributed by atoms with Gasteiger partial charge in [0.2, 0.25) is 0 Å². The molecule has 0 spiro atoms. The van der Waals surface area contributed by atoms with E-state index in [9.17, 15) is 0 Å². The second-order valence-electron chi connectivity index (χ2n) is 5.33. The number of nitrogens with zero attached hydrogens (tertiary/aromatic N) is 3. The molecule has 0 amide bonds.